The zero-order valence-electron chi connectivity index (χ0n) is 15.4. The molecule has 0 radical (unpaired) electrons. The van der Waals surface area contributed by atoms with E-state index in [1.54, 1.807) is 6.07 Å². The van der Waals surface area contributed by atoms with Gasteiger partial charge in [0.1, 0.15) is 5.75 Å². The molecule has 2 aromatic rings. The molecule has 0 unspecified atom stereocenters. The van der Waals surface area contributed by atoms with Crippen molar-refractivity contribution in [3.05, 3.63) is 53.6 Å². The summed E-state index contributed by atoms with van der Waals surface area (Å²) in [6.07, 6.45) is -4.61. The Bertz CT molecular complexity index is 928. The molecule has 0 aromatic heterocycles. The van der Waals surface area contributed by atoms with Crippen LogP contribution in [0.15, 0.2) is 42.5 Å². The van der Waals surface area contributed by atoms with Gasteiger partial charge in [-0.05, 0) is 36.4 Å². The van der Waals surface area contributed by atoms with Gasteiger partial charge in [0.05, 0.1) is 23.9 Å². The van der Waals surface area contributed by atoms with E-state index in [0.29, 0.717) is 11.8 Å². The van der Waals surface area contributed by atoms with Gasteiger partial charge in [0.15, 0.2) is 6.61 Å². The molecule has 0 atom stereocenters. The van der Waals surface area contributed by atoms with E-state index < -0.39 is 30.2 Å². The van der Waals surface area contributed by atoms with Crippen LogP contribution in [0.2, 0.25) is 0 Å². The van der Waals surface area contributed by atoms with E-state index in [1.165, 1.54) is 26.2 Å². The predicted octanol–water partition coefficient (Wildman–Crippen LogP) is 3.47. The summed E-state index contributed by atoms with van der Waals surface area (Å²) >= 11 is 0. The Kier molecular flexibility index (Phi) is 6.81. The molecule has 0 spiro atoms. The maximum absolute atomic E-state index is 12.7. The van der Waals surface area contributed by atoms with Crippen LogP contribution in [0.25, 0.3) is 0 Å². The molecule has 0 saturated carbocycles. The number of alkyl halides is 3. The molecule has 2 N–H and O–H groups in total. The zero-order valence-corrected chi connectivity index (χ0v) is 15.4. The highest BCUT2D eigenvalue weighted by molar-refractivity contribution is 5.97. The molecule has 0 bridgehead atoms. The van der Waals surface area contributed by atoms with Crippen LogP contribution >= 0.6 is 0 Å². The van der Waals surface area contributed by atoms with E-state index in [0.717, 1.165) is 18.2 Å². The second-order valence-corrected chi connectivity index (χ2v) is 5.80. The minimum Gasteiger partial charge on any atom is -0.495 e. The van der Waals surface area contributed by atoms with Crippen LogP contribution in [0.3, 0.4) is 0 Å². The van der Waals surface area contributed by atoms with Crippen LogP contribution in [-0.2, 0) is 20.5 Å². The lowest BCUT2D eigenvalue weighted by molar-refractivity contribution is -0.137. The minimum atomic E-state index is -4.61. The summed E-state index contributed by atoms with van der Waals surface area (Å²) in [7, 11) is 1.37. The number of ether oxygens (including phenoxy) is 2. The van der Waals surface area contributed by atoms with Crippen molar-refractivity contribution in [2.24, 2.45) is 0 Å². The fourth-order valence-corrected chi connectivity index (χ4v) is 2.31. The van der Waals surface area contributed by atoms with Crippen LogP contribution < -0.4 is 15.4 Å². The maximum atomic E-state index is 12.7. The number of esters is 1. The lowest BCUT2D eigenvalue weighted by Gasteiger charge is -2.13. The van der Waals surface area contributed by atoms with Gasteiger partial charge >= 0.3 is 12.1 Å². The van der Waals surface area contributed by atoms with E-state index >= 15 is 0 Å². The second kappa shape index (κ2) is 9.09. The predicted molar refractivity (Wildman–Crippen MR) is 97.7 cm³/mol. The number of halogens is 3. The standard InChI is InChI=1S/C19H17F3N2O5/c1-11(25)23-14-6-7-16(28-2)15(9-14)24-17(26)10-29-18(27)12-4-3-5-13(8-12)19(20,21)22/h3-9H,10H2,1-2H3,(H,23,25)(H,24,26). The number of methoxy groups -OCH3 is 1. The highest BCUT2D eigenvalue weighted by Crippen LogP contribution is 2.30. The largest absolute Gasteiger partial charge is 0.495 e. The molecule has 0 saturated heterocycles. The van der Waals surface area contributed by atoms with Gasteiger partial charge in [0.25, 0.3) is 5.91 Å². The third kappa shape index (κ3) is 6.23. The molecule has 0 aliphatic heterocycles. The number of hydrogen-bond acceptors (Lipinski definition) is 5. The second-order valence-electron chi connectivity index (χ2n) is 5.80. The molecule has 29 heavy (non-hydrogen) atoms. The lowest BCUT2D eigenvalue weighted by atomic mass is 10.1. The molecule has 0 aliphatic carbocycles. The molecular weight excluding hydrogens is 393 g/mol. The Morgan fingerprint density at radius 1 is 1.03 bits per heavy atom. The van der Waals surface area contributed by atoms with E-state index in [4.69, 9.17) is 9.47 Å². The fraction of sp³-hybridized carbons (Fsp3) is 0.211. The van der Waals surface area contributed by atoms with Crippen molar-refractivity contribution in [3.8, 4) is 5.75 Å². The molecule has 0 heterocycles. The van der Waals surface area contributed by atoms with E-state index in [9.17, 15) is 27.6 Å². The van der Waals surface area contributed by atoms with Crippen molar-refractivity contribution in [1.82, 2.24) is 0 Å². The van der Waals surface area contributed by atoms with Crippen LogP contribution in [0.1, 0.15) is 22.8 Å². The van der Waals surface area contributed by atoms with Crippen LogP contribution in [-0.4, -0.2) is 31.5 Å². The monoisotopic (exact) mass is 410 g/mol. The molecule has 154 valence electrons. The molecule has 2 amide bonds. The highest BCUT2D eigenvalue weighted by Gasteiger charge is 2.31. The fourth-order valence-electron chi connectivity index (χ4n) is 2.31. The number of carbonyl (C=O) groups excluding carboxylic acids is 3. The number of hydrogen-bond donors (Lipinski definition) is 2. The number of rotatable bonds is 6. The quantitative estimate of drug-likeness (QED) is 0.712. The Hall–Kier alpha value is -3.56. The van der Waals surface area contributed by atoms with Gasteiger partial charge in [0, 0.05) is 12.6 Å². The van der Waals surface area contributed by atoms with Gasteiger partial charge in [-0.15, -0.1) is 0 Å². The van der Waals surface area contributed by atoms with Crippen molar-refractivity contribution in [1.29, 1.82) is 0 Å². The van der Waals surface area contributed by atoms with Crippen molar-refractivity contribution in [2.45, 2.75) is 13.1 Å². The number of anilines is 2. The normalized spacial score (nSPS) is 10.8. The number of benzene rings is 2. The zero-order chi connectivity index (χ0) is 21.6. The van der Waals surface area contributed by atoms with Gasteiger partial charge in [-0.1, -0.05) is 6.07 Å². The number of carbonyl (C=O) groups is 3. The third-order valence-corrected chi connectivity index (χ3v) is 3.55. The molecule has 7 nitrogen and oxygen atoms in total. The smallest absolute Gasteiger partial charge is 0.416 e. The first-order valence-electron chi connectivity index (χ1n) is 8.20. The van der Waals surface area contributed by atoms with Gasteiger partial charge in [-0.25, -0.2) is 4.79 Å². The molecule has 0 aliphatic rings. The first-order chi connectivity index (χ1) is 13.6. The first kappa shape index (κ1) is 21.7. The Balaban J connectivity index is 2.03. The highest BCUT2D eigenvalue weighted by atomic mass is 19.4. The summed E-state index contributed by atoms with van der Waals surface area (Å²) < 4.78 is 48.0. The SMILES string of the molecule is COc1ccc(NC(C)=O)cc1NC(=O)COC(=O)c1cccc(C(F)(F)F)c1. The van der Waals surface area contributed by atoms with Crippen molar-refractivity contribution in [2.75, 3.05) is 24.4 Å². The average Bonchev–Trinajstić information content (AvgIpc) is 2.65. The van der Waals surface area contributed by atoms with E-state index in [2.05, 4.69) is 10.6 Å². The topological polar surface area (TPSA) is 93.7 Å². The Labute approximate surface area is 163 Å². The Morgan fingerprint density at radius 2 is 1.76 bits per heavy atom. The van der Waals surface area contributed by atoms with Crippen LogP contribution in [0, 0.1) is 0 Å². The first-order valence-corrected chi connectivity index (χ1v) is 8.20. The molecule has 2 aromatic carbocycles. The van der Waals surface area contributed by atoms with Crippen molar-refractivity contribution >= 4 is 29.2 Å². The summed E-state index contributed by atoms with van der Waals surface area (Å²) in [6.45, 7) is 0.582. The summed E-state index contributed by atoms with van der Waals surface area (Å²) in [5.74, 6) is -1.85. The summed E-state index contributed by atoms with van der Waals surface area (Å²) in [5, 5.41) is 4.98. The number of amides is 2. The lowest BCUT2D eigenvalue weighted by Crippen LogP contribution is -2.21. The Morgan fingerprint density at radius 3 is 2.38 bits per heavy atom. The van der Waals surface area contributed by atoms with Gasteiger partial charge < -0.3 is 20.1 Å². The van der Waals surface area contributed by atoms with Crippen LogP contribution in [0.4, 0.5) is 24.5 Å². The van der Waals surface area contributed by atoms with Gasteiger partial charge in [-0.2, -0.15) is 13.2 Å². The van der Waals surface area contributed by atoms with Gasteiger partial charge in [0.2, 0.25) is 5.91 Å². The molecule has 0 fully saturated rings. The number of nitrogens with one attached hydrogen (secondary N) is 2. The van der Waals surface area contributed by atoms with Gasteiger partial charge in [-0.3, -0.25) is 9.59 Å². The summed E-state index contributed by atoms with van der Waals surface area (Å²) in [6, 6.07) is 8.18. The van der Waals surface area contributed by atoms with Crippen molar-refractivity contribution in [3.63, 3.8) is 0 Å². The molecular formula is C19H17F3N2O5. The van der Waals surface area contributed by atoms with E-state index in [1.807, 2.05) is 0 Å². The molecule has 10 heteroatoms. The van der Waals surface area contributed by atoms with Crippen LogP contribution in [0.5, 0.6) is 5.75 Å². The summed E-state index contributed by atoms with van der Waals surface area (Å²) in [5.41, 5.74) is -0.734. The average molecular weight is 410 g/mol. The van der Waals surface area contributed by atoms with E-state index in [-0.39, 0.29) is 22.9 Å². The maximum Gasteiger partial charge on any atom is 0.416 e. The molecule has 2 rings (SSSR count). The minimum absolute atomic E-state index is 0.207. The third-order valence-electron chi connectivity index (χ3n) is 3.55. The van der Waals surface area contributed by atoms with Crippen molar-refractivity contribution < 1.29 is 37.0 Å². The summed E-state index contributed by atoms with van der Waals surface area (Å²) in [4.78, 5) is 35.1.